The van der Waals surface area contributed by atoms with Crippen LogP contribution in [0.4, 0.5) is 5.69 Å². The van der Waals surface area contributed by atoms with E-state index in [2.05, 4.69) is 5.32 Å². The number of rotatable bonds is 3. The van der Waals surface area contributed by atoms with E-state index in [0.29, 0.717) is 40.5 Å². The second-order valence-corrected chi connectivity index (χ2v) is 8.73. The first-order chi connectivity index (χ1) is 14.2. The predicted octanol–water partition coefficient (Wildman–Crippen LogP) is 4.90. The number of benzene rings is 2. The molecule has 0 spiro atoms. The van der Waals surface area contributed by atoms with Crippen molar-refractivity contribution in [2.45, 2.75) is 26.7 Å². The van der Waals surface area contributed by atoms with Gasteiger partial charge < -0.3 is 5.32 Å². The van der Waals surface area contributed by atoms with Gasteiger partial charge in [0.05, 0.1) is 0 Å². The minimum absolute atomic E-state index is 0.0689. The number of carbonyl (C=O) groups is 2. The van der Waals surface area contributed by atoms with Gasteiger partial charge in [0.1, 0.15) is 5.56 Å². The van der Waals surface area contributed by atoms with E-state index in [1.807, 2.05) is 19.9 Å². The van der Waals surface area contributed by atoms with Crippen LogP contribution in [0.2, 0.25) is 5.02 Å². The van der Waals surface area contributed by atoms with Gasteiger partial charge in [0.15, 0.2) is 5.78 Å². The van der Waals surface area contributed by atoms with Crippen molar-refractivity contribution in [2.75, 3.05) is 5.32 Å². The largest absolute Gasteiger partial charge is 0.322 e. The highest BCUT2D eigenvalue weighted by molar-refractivity contribution is 6.30. The van der Waals surface area contributed by atoms with Crippen molar-refractivity contribution in [3.8, 4) is 5.69 Å². The van der Waals surface area contributed by atoms with Crippen LogP contribution in [-0.2, 0) is 6.42 Å². The normalized spacial score (nSPS) is 14.8. The SMILES string of the molecule is CC1(C)CC(=O)c2cc(C(=O)Nc3ccccc3)c(=O)n(-c3ccc(Cl)cc3)c2C1. The molecule has 1 aliphatic carbocycles. The molecule has 0 bridgehead atoms. The van der Waals surface area contributed by atoms with Crippen LogP contribution in [0.5, 0.6) is 0 Å². The van der Waals surface area contributed by atoms with E-state index >= 15 is 0 Å². The van der Waals surface area contributed by atoms with E-state index in [-0.39, 0.29) is 16.8 Å². The fraction of sp³-hybridized carbons (Fsp3) is 0.208. The molecule has 1 heterocycles. The summed E-state index contributed by atoms with van der Waals surface area (Å²) in [6.07, 6.45) is 0.908. The number of halogens is 1. The number of hydrogen-bond acceptors (Lipinski definition) is 3. The van der Waals surface area contributed by atoms with E-state index in [1.54, 1.807) is 48.5 Å². The minimum Gasteiger partial charge on any atom is -0.322 e. The number of para-hydroxylation sites is 1. The molecular weight excluding hydrogens is 400 g/mol. The van der Waals surface area contributed by atoms with Crippen LogP contribution >= 0.6 is 11.6 Å². The van der Waals surface area contributed by atoms with Crippen LogP contribution in [0.25, 0.3) is 5.69 Å². The smallest absolute Gasteiger partial charge is 0.268 e. The zero-order chi connectivity index (χ0) is 21.5. The number of Topliss-reactive ketones (excluding diaryl/α,β-unsaturated/α-hetero) is 1. The molecule has 5 nitrogen and oxygen atoms in total. The van der Waals surface area contributed by atoms with Gasteiger partial charge in [0.2, 0.25) is 0 Å². The summed E-state index contributed by atoms with van der Waals surface area (Å²) in [5.74, 6) is -0.618. The molecule has 0 atom stereocenters. The van der Waals surface area contributed by atoms with Crippen molar-refractivity contribution in [1.29, 1.82) is 0 Å². The first-order valence-corrected chi connectivity index (χ1v) is 10.1. The van der Waals surface area contributed by atoms with Crippen molar-refractivity contribution in [1.82, 2.24) is 4.57 Å². The third-order valence-electron chi connectivity index (χ3n) is 5.25. The molecule has 4 rings (SSSR count). The number of amides is 1. The zero-order valence-electron chi connectivity index (χ0n) is 16.7. The van der Waals surface area contributed by atoms with Gasteiger partial charge in [-0.1, -0.05) is 43.6 Å². The van der Waals surface area contributed by atoms with Gasteiger partial charge in [0, 0.05) is 34.1 Å². The number of anilines is 1. The van der Waals surface area contributed by atoms with E-state index in [0.717, 1.165) is 0 Å². The Morgan fingerprint density at radius 3 is 2.33 bits per heavy atom. The van der Waals surface area contributed by atoms with Crippen LogP contribution in [0.3, 0.4) is 0 Å². The summed E-state index contributed by atoms with van der Waals surface area (Å²) in [6.45, 7) is 4.00. The summed E-state index contributed by atoms with van der Waals surface area (Å²) < 4.78 is 1.48. The van der Waals surface area contributed by atoms with Crippen molar-refractivity contribution >= 4 is 29.0 Å². The summed E-state index contributed by atoms with van der Waals surface area (Å²) in [4.78, 5) is 39.3. The van der Waals surface area contributed by atoms with Gasteiger partial charge in [-0.15, -0.1) is 0 Å². The summed E-state index contributed by atoms with van der Waals surface area (Å²) in [6, 6.07) is 17.1. The second kappa shape index (κ2) is 7.58. The molecule has 0 aliphatic heterocycles. The van der Waals surface area contributed by atoms with Gasteiger partial charge in [-0.2, -0.15) is 0 Å². The van der Waals surface area contributed by atoms with Crippen molar-refractivity contribution in [3.63, 3.8) is 0 Å². The van der Waals surface area contributed by atoms with Gasteiger partial charge in [-0.25, -0.2) is 0 Å². The number of nitrogens with one attached hydrogen (secondary N) is 1. The first-order valence-electron chi connectivity index (χ1n) is 9.70. The molecule has 0 fully saturated rings. The molecule has 1 aliphatic rings. The highest BCUT2D eigenvalue weighted by Crippen LogP contribution is 2.35. The standard InChI is InChI=1S/C24H21ClN2O3/c1-24(2)13-20-18(21(28)14-24)12-19(22(29)26-16-6-4-3-5-7-16)23(30)27(20)17-10-8-15(25)9-11-17/h3-12H,13-14H2,1-2H3,(H,26,29). The Labute approximate surface area is 179 Å². The van der Waals surface area contributed by atoms with Gasteiger partial charge >= 0.3 is 0 Å². The molecule has 1 N–H and O–H groups in total. The average Bonchev–Trinajstić information content (AvgIpc) is 2.68. The molecule has 3 aromatic rings. The molecule has 1 amide bonds. The van der Waals surface area contributed by atoms with Gasteiger partial charge in [0.25, 0.3) is 11.5 Å². The first kappa shape index (κ1) is 20.1. The Hall–Kier alpha value is -3.18. The van der Waals surface area contributed by atoms with Crippen molar-refractivity contribution < 1.29 is 9.59 Å². The fourth-order valence-corrected chi connectivity index (χ4v) is 3.99. The van der Waals surface area contributed by atoms with E-state index in [4.69, 9.17) is 11.6 Å². The monoisotopic (exact) mass is 420 g/mol. The Balaban J connectivity index is 1.91. The Morgan fingerprint density at radius 1 is 1.00 bits per heavy atom. The molecule has 1 aromatic heterocycles. The third-order valence-corrected chi connectivity index (χ3v) is 5.50. The number of fused-ring (bicyclic) bond motifs is 1. The number of ketones is 1. The molecule has 0 saturated heterocycles. The van der Waals surface area contributed by atoms with Gasteiger partial charge in [-0.3, -0.25) is 19.0 Å². The van der Waals surface area contributed by atoms with E-state index in [9.17, 15) is 14.4 Å². The van der Waals surface area contributed by atoms with Gasteiger partial charge in [-0.05, 0) is 54.3 Å². The number of nitrogens with zero attached hydrogens (tertiary/aromatic N) is 1. The summed E-state index contributed by atoms with van der Waals surface area (Å²) in [7, 11) is 0. The highest BCUT2D eigenvalue weighted by atomic mass is 35.5. The second-order valence-electron chi connectivity index (χ2n) is 8.30. The number of carbonyl (C=O) groups excluding carboxylic acids is 2. The van der Waals surface area contributed by atoms with Crippen molar-refractivity contribution in [3.05, 3.63) is 92.9 Å². The predicted molar refractivity (Wildman–Crippen MR) is 118 cm³/mol. The van der Waals surface area contributed by atoms with Crippen LogP contribution in [-0.4, -0.2) is 16.3 Å². The fourth-order valence-electron chi connectivity index (χ4n) is 3.86. The Bertz CT molecular complexity index is 1200. The lowest BCUT2D eigenvalue weighted by molar-refractivity contribution is 0.0909. The number of hydrogen-bond donors (Lipinski definition) is 1. The van der Waals surface area contributed by atoms with E-state index in [1.165, 1.54) is 10.6 Å². The maximum atomic E-state index is 13.4. The van der Waals surface area contributed by atoms with Crippen LogP contribution in [0.15, 0.2) is 65.5 Å². The lowest BCUT2D eigenvalue weighted by atomic mass is 9.75. The topological polar surface area (TPSA) is 68.2 Å². The molecule has 0 radical (unpaired) electrons. The number of pyridine rings is 1. The summed E-state index contributed by atoms with van der Waals surface area (Å²) in [5.41, 5.74) is 1.38. The lowest BCUT2D eigenvalue weighted by Gasteiger charge is -2.32. The Morgan fingerprint density at radius 2 is 1.67 bits per heavy atom. The third kappa shape index (κ3) is 3.81. The quantitative estimate of drug-likeness (QED) is 0.655. The molecular formula is C24H21ClN2O3. The molecule has 152 valence electrons. The minimum atomic E-state index is -0.547. The molecule has 0 unspecified atom stereocenters. The van der Waals surface area contributed by atoms with Crippen LogP contribution < -0.4 is 10.9 Å². The molecule has 6 heteroatoms. The lowest BCUT2D eigenvalue weighted by Crippen LogP contribution is -2.37. The highest BCUT2D eigenvalue weighted by Gasteiger charge is 2.35. The van der Waals surface area contributed by atoms with Crippen LogP contribution in [0.1, 0.15) is 46.7 Å². The molecule has 0 saturated carbocycles. The Kier molecular flexibility index (Phi) is 5.08. The summed E-state index contributed by atoms with van der Waals surface area (Å²) >= 11 is 6.02. The average molecular weight is 421 g/mol. The van der Waals surface area contributed by atoms with E-state index < -0.39 is 11.5 Å². The summed E-state index contributed by atoms with van der Waals surface area (Å²) in [5, 5.41) is 3.28. The molecule has 30 heavy (non-hydrogen) atoms. The van der Waals surface area contributed by atoms with Crippen molar-refractivity contribution in [2.24, 2.45) is 5.41 Å². The number of aromatic nitrogens is 1. The molecule has 2 aromatic carbocycles. The maximum absolute atomic E-state index is 13.4. The zero-order valence-corrected chi connectivity index (χ0v) is 17.5. The maximum Gasteiger partial charge on any atom is 0.268 e. The van der Waals surface area contributed by atoms with Crippen LogP contribution in [0, 0.1) is 5.41 Å².